The predicted octanol–water partition coefficient (Wildman–Crippen LogP) is 2.83. The SMILES string of the molecule is COc1ccc(F)cc1N(C)CC(F)(F)F. The van der Waals surface area contributed by atoms with Crippen LogP contribution in [0.4, 0.5) is 23.2 Å². The molecule has 0 aromatic heterocycles. The monoisotopic (exact) mass is 237 g/mol. The van der Waals surface area contributed by atoms with E-state index in [4.69, 9.17) is 4.74 Å². The van der Waals surface area contributed by atoms with Crippen molar-refractivity contribution in [1.29, 1.82) is 0 Å². The molecule has 0 heterocycles. The Labute approximate surface area is 90.4 Å². The fraction of sp³-hybridized carbons (Fsp3) is 0.400. The van der Waals surface area contributed by atoms with Crippen LogP contribution in [0.15, 0.2) is 18.2 Å². The average Bonchev–Trinajstić information content (AvgIpc) is 2.15. The van der Waals surface area contributed by atoms with Crippen LogP contribution in [0.2, 0.25) is 0 Å². The third kappa shape index (κ3) is 3.29. The lowest BCUT2D eigenvalue weighted by atomic mass is 10.2. The zero-order valence-corrected chi connectivity index (χ0v) is 8.81. The number of methoxy groups -OCH3 is 1. The summed E-state index contributed by atoms with van der Waals surface area (Å²) in [7, 11) is 2.54. The minimum Gasteiger partial charge on any atom is -0.495 e. The average molecular weight is 237 g/mol. The summed E-state index contributed by atoms with van der Waals surface area (Å²) < 4.78 is 54.2. The van der Waals surface area contributed by atoms with Gasteiger partial charge in [0, 0.05) is 13.1 Å². The van der Waals surface area contributed by atoms with E-state index < -0.39 is 18.5 Å². The second-order valence-electron chi connectivity index (χ2n) is 3.29. The Balaban J connectivity index is 2.97. The molecule has 0 aliphatic rings. The lowest BCUT2D eigenvalue weighted by Crippen LogP contribution is -2.31. The smallest absolute Gasteiger partial charge is 0.405 e. The van der Waals surface area contributed by atoms with Crippen molar-refractivity contribution in [3.8, 4) is 5.75 Å². The lowest BCUT2D eigenvalue weighted by molar-refractivity contribution is -0.119. The molecule has 1 rings (SSSR count). The van der Waals surface area contributed by atoms with Crippen molar-refractivity contribution in [3.05, 3.63) is 24.0 Å². The first-order valence-electron chi connectivity index (χ1n) is 4.45. The third-order valence-corrected chi connectivity index (χ3v) is 1.97. The van der Waals surface area contributed by atoms with Gasteiger partial charge in [-0.2, -0.15) is 13.2 Å². The van der Waals surface area contributed by atoms with Crippen LogP contribution in [0.3, 0.4) is 0 Å². The molecule has 0 fully saturated rings. The normalized spacial score (nSPS) is 11.4. The molecule has 90 valence electrons. The van der Waals surface area contributed by atoms with E-state index in [1.807, 2.05) is 0 Å². The van der Waals surface area contributed by atoms with Crippen LogP contribution in [0.1, 0.15) is 0 Å². The number of hydrogen-bond acceptors (Lipinski definition) is 2. The molecule has 0 bridgehead atoms. The Hall–Kier alpha value is -1.46. The van der Waals surface area contributed by atoms with Crippen molar-refractivity contribution in [2.24, 2.45) is 0 Å². The molecule has 0 unspecified atom stereocenters. The molecule has 16 heavy (non-hydrogen) atoms. The molecule has 0 radical (unpaired) electrons. The topological polar surface area (TPSA) is 12.5 Å². The summed E-state index contributed by atoms with van der Waals surface area (Å²) in [5.41, 5.74) is 0.0693. The molecule has 0 spiro atoms. The number of anilines is 1. The first-order valence-corrected chi connectivity index (χ1v) is 4.45. The summed E-state index contributed by atoms with van der Waals surface area (Å²) in [5.74, 6) is -0.405. The fourth-order valence-corrected chi connectivity index (χ4v) is 1.32. The number of hydrogen-bond donors (Lipinski definition) is 0. The number of halogens is 4. The lowest BCUT2D eigenvalue weighted by Gasteiger charge is -2.22. The van der Waals surface area contributed by atoms with E-state index in [1.165, 1.54) is 20.2 Å². The molecule has 0 saturated carbocycles. The van der Waals surface area contributed by atoms with Gasteiger partial charge in [0.15, 0.2) is 0 Å². The maximum Gasteiger partial charge on any atom is 0.405 e. The summed E-state index contributed by atoms with van der Waals surface area (Å²) >= 11 is 0. The zero-order valence-electron chi connectivity index (χ0n) is 8.81. The van der Waals surface area contributed by atoms with E-state index in [9.17, 15) is 17.6 Å². The predicted molar refractivity (Wildman–Crippen MR) is 52.3 cm³/mol. The molecule has 2 nitrogen and oxygen atoms in total. The van der Waals surface area contributed by atoms with Gasteiger partial charge in [0.1, 0.15) is 18.1 Å². The van der Waals surface area contributed by atoms with Gasteiger partial charge < -0.3 is 9.64 Å². The minimum absolute atomic E-state index is 0.0693. The molecule has 1 aromatic carbocycles. The van der Waals surface area contributed by atoms with Crippen molar-refractivity contribution < 1.29 is 22.3 Å². The minimum atomic E-state index is -4.34. The van der Waals surface area contributed by atoms with Gasteiger partial charge >= 0.3 is 6.18 Å². The van der Waals surface area contributed by atoms with Gasteiger partial charge in [0.25, 0.3) is 0 Å². The molecule has 0 N–H and O–H groups in total. The molecule has 0 atom stereocenters. The Morgan fingerprint density at radius 1 is 1.31 bits per heavy atom. The molecule has 6 heteroatoms. The summed E-state index contributed by atoms with van der Waals surface area (Å²) in [6.45, 7) is -1.16. The highest BCUT2D eigenvalue weighted by Gasteiger charge is 2.30. The maximum atomic E-state index is 12.9. The van der Waals surface area contributed by atoms with Crippen molar-refractivity contribution >= 4 is 5.69 Å². The van der Waals surface area contributed by atoms with Crippen LogP contribution in [-0.4, -0.2) is 26.9 Å². The highest BCUT2D eigenvalue weighted by atomic mass is 19.4. The van der Waals surface area contributed by atoms with Crippen molar-refractivity contribution in [2.75, 3.05) is 25.6 Å². The first-order chi connectivity index (χ1) is 7.33. The van der Waals surface area contributed by atoms with Crippen LogP contribution in [0, 0.1) is 5.82 Å². The first kappa shape index (κ1) is 12.6. The number of rotatable bonds is 3. The van der Waals surface area contributed by atoms with Gasteiger partial charge in [-0.05, 0) is 12.1 Å². The standard InChI is InChI=1S/C10H11F4NO/c1-15(6-10(12,13)14)8-5-7(11)3-4-9(8)16-2/h3-5H,6H2,1-2H3. The number of benzene rings is 1. The number of alkyl halides is 3. The summed E-state index contributed by atoms with van der Waals surface area (Å²) in [4.78, 5) is 0.891. The quantitative estimate of drug-likeness (QED) is 0.749. The number of nitrogens with zero attached hydrogens (tertiary/aromatic N) is 1. The van der Waals surface area contributed by atoms with Gasteiger partial charge in [-0.15, -0.1) is 0 Å². The molecule has 0 amide bonds. The van der Waals surface area contributed by atoms with E-state index in [-0.39, 0.29) is 11.4 Å². The van der Waals surface area contributed by atoms with Crippen LogP contribution in [0.5, 0.6) is 5.75 Å². The summed E-state index contributed by atoms with van der Waals surface area (Å²) in [5, 5.41) is 0. The van der Waals surface area contributed by atoms with Crippen molar-refractivity contribution in [2.45, 2.75) is 6.18 Å². The van der Waals surface area contributed by atoms with E-state index in [1.54, 1.807) is 0 Å². The Morgan fingerprint density at radius 2 is 1.94 bits per heavy atom. The third-order valence-electron chi connectivity index (χ3n) is 1.97. The van der Waals surface area contributed by atoms with Crippen LogP contribution in [-0.2, 0) is 0 Å². The van der Waals surface area contributed by atoms with Crippen molar-refractivity contribution in [1.82, 2.24) is 0 Å². The summed E-state index contributed by atoms with van der Waals surface area (Å²) in [6, 6.07) is 3.42. The largest absolute Gasteiger partial charge is 0.495 e. The van der Waals surface area contributed by atoms with Crippen LogP contribution >= 0.6 is 0 Å². The van der Waals surface area contributed by atoms with Gasteiger partial charge in [0.2, 0.25) is 0 Å². The van der Waals surface area contributed by atoms with E-state index in [2.05, 4.69) is 0 Å². The van der Waals surface area contributed by atoms with E-state index in [0.717, 1.165) is 17.0 Å². The van der Waals surface area contributed by atoms with Gasteiger partial charge in [-0.25, -0.2) is 4.39 Å². The van der Waals surface area contributed by atoms with Crippen LogP contribution < -0.4 is 9.64 Å². The molecule has 0 saturated heterocycles. The Kier molecular flexibility index (Phi) is 3.62. The highest BCUT2D eigenvalue weighted by molar-refractivity contribution is 5.58. The molecular formula is C10H11F4NO. The molecule has 0 aliphatic heterocycles. The van der Waals surface area contributed by atoms with Gasteiger partial charge in [-0.1, -0.05) is 0 Å². The van der Waals surface area contributed by atoms with Crippen LogP contribution in [0.25, 0.3) is 0 Å². The second-order valence-corrected chi connectivity index (χ2v) is 3.29. The Bertz CT molecular complexity index is 364. The van der Waals surface area contributed by atoms with Gasteiger partial charge in [-0.3, -0.25) is 0 Å². The zero-order chi connectivity index (χ0) is 12.3. The van der Waals surface area contributed by atoms with E-state index >= 15 is 0 Å². The fourth-order valence-electron chi connectivity index (χ4n) is 1.32. The molecule has 1 aromatic rings. The maximum absolute atomic E-state index is 12.9. The molecule has 0 aliphatic carbocycles. The summed E-state index contributed by atoms with van der Waals surface area (Å²) in [6.07, 6.45) is -4.34. The van der Waals surface area contributed by atoms with Gasteiger partial charge in [0.05, 0.1) is 12.8 Å². The van der Waals surface area contributed by atoms with E-state index in [0.29, 0.717) is 0 Å². The second kappa shape index (κ2) is 4.59. The van der Waals surface area contributed by atoms with Crippen molar-refractivity contribution in [3.63, 3.8) is 0 Å². The number of ether oxygens (including phenoxy) is 1. The Morgan fingerprint density at radius 3 is 2.44 bits per heavy atom. The molecular weight excluding hydrogens is 226 g/mol. The highest BCUT2D eigenvalue weighted by Crippen LogP contribution is 2.30.